The number of hydrogen-bond acceptors (Lipinski definition) is 3. The summed E-state index contributed by atoms with van der Waals surface area (Å²) in [4.78, 5) is 0. The van der Waals surface area contributed by atoms with Crippen molar-refractivity contribution in [1.82, 2.24) is 15.1 Å². The van der Waals surface area contributed by atoms with Crippen LogP contribution < -0.4 is 5.32 Å². The van der Waals surface area contributed by atoms with Crippen molar-refractivity contribution in [2.45, 2.75) is 32.4 Å². The van der Waals surface area contributed by atoms with Crippen molar-refractivity contribution in [3.05, 3.63) is 16.4 Å². The van der Waals surface area contributed by atoms with E-state index in [4.69, 9.17) is 16.3 Å². The zero-order valence-electron chi connectivity index (χ0n) is 10.5. The molecule has 92 valence electrons. The number of ether oxygens (including phenoxy) is 1. The minimum absolute atomic E-state index is 0.140. The van der Waals surface area contributed by atoms with Gasteiger partial charge in [-0.25, -0.2) is 0 Å². The van der Waals surface area contributed by atoms with E-state index < -0.39 is 0 Å². The lowest BCUT2D eigenvalue weighted by Crippen LogP contribution is -2.38. The van der Waals surface area contributed by atoms with E-state index in [0.29, 0.717) is 5.15 Å². The fourth-order valence-electron chi connectivity index (χ4n) is 1.79. The number of likely N-dealkylation sites (N-methyl/N-ethyl adjacent to an activating group) is 1. The fraction of sp³-hybridized carbons (Fsp3) is 0.727. The summed E-state index contributed by atoms with van der Waals surface area (Å²) >= 11 is 6.19. The molecular formula is C11H20ClN3O. The molecule has 4 nitrogen and oxygen atoms in total. The Bertz CT molecular complexity index is 351. The predicted molar refractivity (Wildman–Crippen MR) is 66.0 cm³/mol. The highest BCUT2D eigenvalue weighted by atomic mass is 35.5. The van der Waals surface area contributed by atoms with Gasteiger partial charge in [0.2, 0.25) is 0 Å². The Balaban J connectivity index is 2.85. The Labute approximate surface area is 102 Å². The molecule has 1 aromatic heterocycles. The van der Waals surface area contributed by atoms with Crippen LogP contribution >= 0.6 is 11.6 Å². The van der Waals surface area contributed by atoms with Crippen LogP contribution in [0.1, 0.15) is 18.2 Å². The summed E-state index contributed by atoms with van der Waals surface area (Å²) in [5.41, 5.74) is 2.07. The van der Waals surface area contributed by atoms with Crippen molar-refractivity contribution in [2.24, 2.45) is 7.05 Å². The summed E-state index contributed by atoms with van der Waals surface area (Å²) in [5, 5.41) is 8.25. The molecule has 0 spiro atoms. The molecule has 1 rings (SSSR count). The number of halogens is 1. The average Bonchev–Trinajstić information content (AvgIpc) is 2.50. The highest BCUT2D eigenvalue weighted by Crippen LogP contribution is 2.21. The van der Waals surface area contributed by atoms with Gasteiger partial charge in [0.05, 0.1) is 11.8 Å². The molecule has 0 amide bonds. The van der Waals surface area contributed by atoms with Gasteiger partial charge >= 0.3 is 0 Å². The first-order valence-electron chi connectivity index (χ1n) is 5.39. The smallest absolute Gasteiger partial charge is 0.130 e. The second-order valence-corrected chi connectivity index (χ2v) is 4.38. The molecule has 0 radical (unpaired) electrons. The van der Waals surface area contributed by atoms with Crippen LogP contribution in [0.2, 0.25) is 5.15 Å². The third-order valence-corrected chi connectivity index (χ3v) is 3.48. The van der Waals surface area contributed by atoms with Crippen LogP contribution in [0.4, 0.5) is 0 Å². The third kappa shape index (κ3) is 2.75. The van der Waals surface area contributed by atoms with Gasteiger partial charge in [-0.1, -0.05) is 11.6 Å². The van der Waals surface area contributed by atoms with Gasteiger partial charge in [0, 0.05) is 25.8 Å². The summed E-state index contributed by atoms with van der Waals surface area (Å²) in [6.45, 7) is 4.02. The molecular weight excluding hydrogens is 226 g/mol. The predicted octanol–water partition coefficient (Wildman–Crippen LogP) is 1.55. The van der Waals surface area contributed by atoms with E-state index in [1.54, 1.807) is 11.8 Å². The van der Waals surface area contributed by atoms with Gasteiger partial charge in [-0.15, -0.1) is 0 Å². The van der Waals surface area contributed by atoms with E-state index in [1.807, 2.05) is 27.9 Å². The van der Waals surface area contributed by atoms with Crippen molar-refractivity contribution in [3.63, 3.8) is 0 Å². The molecule has 0 bridgehead atoms. The standard InChI is InChI=1S/C11H20ClN3O/c1-7-9(11(12)15(4)14-7)6-10(13-3)8(2)16-5/h8,10,13H,6H2,1-5H3. The summed E-state index contributed by atoms with van der Waals surface area (Å²) in [5.74, 6) is 0. The topological polar surface area (TPSA) is 39.1 Å². The normalized spacial score (nSPS) is 15.1. The number of aryl methyl sites for hydroxylation is 2. The van der Waals surface area contributed by atoms with Crippen LogP contribution in [0.15, 0.2) is 0 Å². The lowest BCUT2D eigenvalue weighted by Gasteiger charge is -2.22. The highest BCUT2D eigenvalue weighted by molar-refractivity contribution is 6.30. The van der Waals surface area contributed by atoms with Gasteiger partial charge < -0.3 is 10.1 Å². The first-order chi connectivity index (χ1) is 7.51. The largest absolute Gasteiger partial charge is 0.380 e. The first kappa shape index (κ1) is 13.5. The van der Waals surface area contributed by atoms with Gasteiger partial charge in [-0.2, -0.15) is 5.10 Å². The molecule has 0 saturated heterocycles. The molecule has 0 fully saturated rings. The minimum atomic E-state index is 0.140. The SMILES string of the molecule is CNC(Cc1c(C)nn(C)c1Cl)C(C)OC. The summed E-state index contributed by atoms with van der Waals surface area (Å²) in [6.07, 6.45) is 0.963. The number of nitrogens with one attached hydrogen (secondary N) is 1. The highest BCUT2D eigenvalue weighted by Gasteiger charge is 2.20. The maximum atomic E-state index is 6.19. The molecule has 2 unspecified atom stereocenters. The van der Waals surface area contributed by atoms with Crippen molar-refractivity contribution < 1.29 is 4.74 Å². The summed E-state index contributed by atoms with van der Waals surface area (Å²) in [6, 6.07) is 0.241. The maximum absolute atomic E-state index is 6.19. The first-order valence-corrected chi connectivity index (χ1v) is 5.77. The zero-order valence-corrected chi connectivity index (χ0v) is 11.3. The van der Waals surface area contributed by atoms with E-state index in [2.05, 4.69) is 10.4 Å². The number of aromatic nitrogens is 2. The summed E-state index contributed by atoms with van der Waals surface area (Å²) < 4.78 is 7.03. The number of methoxy groups -OCH3 is 1. The molecule has 1 N–H and O–H groups in total. The molecule has 0 aromatic carbocycles. The fourth-order valence-corrected chi connectivity index (χ4v) is 2.04. The Morgan fingerprint density at radius 2 is 2.19 bits per heavy atom. The Morgan fingerprint density at radius 3 is 2.56 bits per heavy atom. The Kier molecular flexibility index (Phi) is 4.77. The Hall–Kier alpha value is -0.580. The van der Waals surface area contributed by atoms with E-state index in [1.165, 1.54) is 0 Å². The van der Waals surface area contributed by atoms with Gasteiger partial charge in [-0.05, 0) is 27.3 Å². The molecule has 1 heterocycles. The molecule has 16 heavy (non-hydrogen) atoms. The van der Waals surface area contributed by atoms with E-state index in [0.717, 1.165) is 17.7 Å². The molecule has 0 aliphatic carbocycles. The molecule has 0 aliphatic heterocycles. The van der Waals surface area contributed by atoms with Crippen LogP contribution in [0.3, 0.4) is 0 Å². The lowest BCUT2D eigenvalue weighted by molar-refractivity contribution is 0.0857. The quantitative estimate of drug-likeness (QED) is 0.856. The van der Waals surface area contributed by atoms with Gasteiger partial charge in [-0.3, -0.25) is 4.68 Å². The second kappa shape index (κ2) is 5.66. The van der Waals surface area contributed by atoms with E-state index >= 15 is 0 Å². The minimum Gasteiger partial charge on any atom is -0.380 e. The average molecular weight is 246 g/mol. The van der Waals surface area contributed by atoms with Crippen LogP contribution in [-0.2, 0) is 18.2 Å². The molecule has 5 heteroatoms. The lowest BCUT2D eigenvalue weighted by atomic mass is 10.0. The van der Waals surface area contributed by atoms with Crippen molar-refractivity contribution >= 4 is 11.6 Å². The third-order valence-electron chi connectivity index (χ3n) is 3.00. The molecule has 1 aromatic rings. The van der Waals surface area contributed by atoms with Gasteiger partial charge in [0.15, 0.2) is 0 Å². The molecule has 2 atom stereocenters. The summed E-state index contributed by atoms with van der Waals surface area (Å²) in [7, 11) is 5.50. The van der Waals surface area contributed by atoms with Crippen molar-refractivity contribution in [1.29, 1.82) is 0 Å². The Morgan fingerprint density at radius 1 is 1.56 bits per heavy atom. The van der Waals surface area contributed by atoms with Crippen LogP contribution in [0.5, 0.6) is 0 Å². The van der Waals surface area contributed by atoms with E-state index in [9.17, 15) is 0 Å². The number of hydrogen-bond donors (Lipinski definition) is 1. The van der Waals surface area contributed by atoms with Crippen LogP contribution in [-0.4, -0.2) is 36.1 Å². The molecule has 0 aliphatic rings. The second-order valence-electron chi connectivity index (χ2n) is 4.02. The van der Waals surface area contributed by atoms with Gasteiger partial charge in [0.1, 0.15) is 5.15 Å². The van der Waals surface area contributed by atoms with Crippen LogP contribution in [0.25, 0.3) is 0 Å². The van der Waals surface area contributed by atoms with Crippen molar-refractivity contribution in [3.8, 4) is 0 Å². The zero-order chi connectivity index (χ0) is 12.3. The molecule has 0 saturated carbocycles. The van der Waals surface area contributed by atoms with E-state index in [-0.39, 0.29) is 12.1 Å². The van der Waals surface area contributed by atoms with Gasteiger partial charge in [0.25, 0.3) is 0 Å². The monoisotopic (exact) mass is 245 g/mol. The van der Waals surface area contributed by atoms with Crippen LogP contribution in [0, 0.1) is 6.92 Å². The number of rotatable bonds is 5. The maximum Gasteiger partial charge on any atom is 0.130 e. The number of nitrogens with zero attached hydrogens (tertiary/aromatic N) is 2. The van der Waals surface area contributed by atoms with Crippen molar-refractivity contribution in [2.75, 3.05) is 14.2 Å².